The van der Waals surface area contributed by atoms with Gasteiger partial charge in [0.1, 0.15) is 18.4 Å². The Bertz CT molecular complexity index is 842. The zero-order valence-corrected chi connectivity index (χ0v) is 14.7. The molecule has 136 valence electrons. The average Bonchev–Trinajstić information content (AvgIpc) is 3.27. The Morgan fingerprint density at radius 3 is 2.85 bits per heavy atom. The second-order valence-electron chi connectivity index (χ2n) is 5.96. The first-order valence-corrected chi connectivity index (χ1v) is 8.30. The highest BCUT2D eigenvalue weighted by molar-refractivity contribution is 5.95. The number of ether oxygens (including phenoxy) is 1. The van der Waals surface area contributed by atoms with Crippen molar-refractivity contribution >= 4 is 17.5 Å². The van der Waals surface area contributed by atoms with Gasteiger partial charge in [0.05, 0.1) is 18.6 Å². The predicted octanol–water partition coefficient (Wildman–Crippen LogP) is 3.73. The van der Waals surface area contributed by atoms with Gasteiger partial charge in [-0.3, -0.25) is 10.1 Å². The first-order valence-electron chi connectivity index (χ1n) is 8.30. The molecule has 0 aliphatic heterocycles. The van der Waals surface area contributed by atoms with E-state index in [2.05, 4.69) is 15.8 Å². The lowest BCUT2D eigenvalue weighted by Gasteiger charge is -2.15. The summed E-state index contributed by atoms with van der Waals surface area (Å²) < 4.78 is 15.9. The normalized spacial score (nSPS) is 11.9. The van der Waals surface area contributed by atoms with E-state index in [-0.39, 0.29) is 5.91 Å². The first-order chi connectivity index (χ1) is 12.6. The molecule has 0 aliphatic carbocycles. The number of benzene rings is 1. The third kappa shape index (κ3) is 4.97. The lowest BCUT2D eigenvalue weighted by molar-refractivity contribution is -0.116. The van der Waals surface area contributed by atoms with E-state index in [1.807, 2.05) is 36.4 Å². The quantitative estimate of drug-likeness (QED) is 0.640. The molecule has 0 fully saturated rings. The van der Waals surface area contributed by atoms with Crippen LogP contribution in [0.5, 0.6) is 0 Å². The minimum Gasteiger partial charge on any atom is -0.467 e. The van der Waals surface area contributed by atoms with Gasteiger partial charge in [-0.25, -0.2) is 0 Å². The summed E-state index contributed by atoms with van der Waals surface area (Å²) in [5, 5.41) is 9.59. The molecular weight excluding hydrogens is 334 g/mol. The Morgan fingerprint density at radius 2 is 2.12 bits per heavy atom. The van der Waals surface area contributed by atoms with Crippen LogP contribution in [0.1, 0.15) is 23.9 Å². The number of carbonyl (C=O) groups excluding carboxylic acids is 1. The highest BCUT2D eigenvalue weighted by atomic mass is 16.5. The van der Waals surface area contributed by atoms with Gasteiger partial charge in [0.2, 0.25) is 11.8 Å². The van der Waals surface area contributed by atoms with Crippen LogP contribution in [-0.2, 0) is 22.7 Å². The minimum atomic E-state index is -0.445. The first kappa shape index (κ1) is 17.8. The zero-order valence-electron chi connectivity index (χ0n) is 14.7. The fraction of sp³-hybridized carbons (Fsp3) is 0.263. The molecule has 0 unspecified atom stereocenters. The Balaban J connectivity index is 1.51. The van der Waals surface area contributed by atoms with E-state index in [0.717, 1.165) is 17.0 Å². The number of aromatic nitrogens is 1. The van der Waals surface area contributed by atoms with Crippen LogP contribution in [-0.4, -0.2) is 17.1 Å². The van der Waals surface area contributed by atoms with Crippen molar-refractivity contribution in [2.24, 2.45) is 0 Å². The van der Waals surface area contributed by atoms with Crippen molar-refractivity contribution in [3.05, 3.63) is 65.7 Å². The van der Waals surface area contributed by atoms with Crippen LogP contribution in [0.3, 0.4) is 0 Å². The summed E-state index contributed by atoms with van der Waals surface area (Å²) in [6.07, 6.45) is 1.62. The van der Waals surface area contributed by atoms with E-state index in [9.17, 15) is 4.79 Å². The molecule has 1 aromatic carbocycles. The molecule has 2 N–H and O–H groups in total. The molecule has 0 bridgehead atoms. The molecule has 0 radical (unpaired) electrons. The van der Waals surface area contributed by atoms with E-state index >= 15 is 0 Å². The van der Waals surface area contributed by atoms with E-state index in [1.54, 1.807) is 26.2 Å². The van der Waals surface area contributed by atoms with E-state index in [1.165, 1.54) is 0 Å². The molecule has 3 rings (SSSR count). The summed E-state index contributed by atoms with van der Waals surface area (Å²) in [6, 6.07) is 12.7. The third-order valence-electron chi connectivity index (χ3n) is 3.67. The summed E-state index contributed by atoms with van der Waals surface area (Å²) in [7, 11) is 0. The second kappa shape index (κ2) is 8.35. The van der Waals surface area contributed by atoms with E-state index in [4.69, 9.17) is 13.7 Å². The Hall–Kier alpha value is -3.06. The summed E-state index contributed by atoms with van der Waals surface area (Å²) in [5.41, 5.74) is 2.55. The Kier molecular flexibility index (Phi) is 5.70. The summed E-state index contributed by atoms with van der Waals surface area (Å²) in [4.78, 5) is 12.2. The number of hydrogen-bond donors (Lipinski definition) is 2. The minimum absolute atomic E-state index is 0.208. The highest BCUT2D eigenvalue weighted by Crippen LogP contribution is 2.15. The summed E-state index contributed by atoms with van der Waals surface area (Å²) in [6.45, 7) is 4.44. The monoisotopic (exact) mass is 355 g/mol. The number of anilines is 2. The maximum atomic E-state index is 12.2. The van der Waals surface area contributed by atoms with Crippen LogP contribution in [0.4, 0.5) is 11.6 Å². The lowest BCUT2D eigenvalue weighted by Crippen LogP contribution is -2.31. The summed E-state index contributed by atoms with van der Waals surface area (Å²) in [5.74, 6) is 0.911. The maximum Gasteiger partial charge on any atom is 0.248 e. The third-order valence-corrected chi connectivity index (χ3v) is 3.67. The highest BCUT2D eigenvalue weighted by Gasteiger charge is 2.15. The average molecular weight is 355 g/mol. The van der Waals surface area contributed by atoms with Gasteiger partial charge in [-0.05, 0) is 43.7 Å². The molecule has 7 nitrogen and oxygen atoms in total. The summed E-state index contributed by atoms with van der Waals surface area (Å²) >= 11 is 0. The van der Waals surface area contributed by atoms with Crippen LogP contribution < -0.4 is 10.6 Å². The standard InChI is InChI=1S/C19H21N3O4/c1-13-9-18(26-22-13)21-19(23)14(2)20-16-6-3-5-15(10-16)11-24-12-17-7-4-8-25-17/h3-10,14,20H,11-12H2,1-2H3,(H,21,23)/t14-/m1/s1. The predicted molar refractivity (Wildman–Crippen MR) is 96.6 cm³/mol. The topological polar surface area (TPSA) is 89.5 Å². The van der Waals surface area contributed by atoms with Crippen molar-refractivity contribution in [2.75, 3.05) is 10.6 Å². The van der Waals surface area contributed by atoms with Gasteiger partial charge in [-0.2, -0.15) is 0 Å². The molecule has 2 heterocycles. The molecule has 3 aromatic rings. The van der Waals surface area contributed by atoms with Crippen molar-refractivity contribution in [3.63, 3.8) is 0 Å². The molecular formula is C19H21N3O4. The van der Waals surface area contributed by atoms with Gasteiger partial charge in [0.25, 0.3) is 0 Å². The van der Waals surface area contributed by atoms with Gasteiger partial charge in [-0.1, -0.05) is 17.3 Å². The van der Waals surface area contributed by atoms with Gasteiger partial charge in [0.15, 0.2) is 0 Å². The molecule has 26 heavy (non-hydrogen) atoms. The number of carbonyl (C=O) groups is 1. The maximum absolute atomic E-state index is 12.2. The second-order valence-corrected chi connectivity index (χ2v) is 5.96. The van der Waals surface area contributed by atoms with Gasteiger partial charge in [0, 0.05) is 11.8 Å². The molecule has 0 saturated heterocycles. The SMILES string of the molecule is Cc1cc(NC(=O)[C@@H](C)Nc2cccc(COCc3ccco3)c2)on1. The van der Waals surface area contributed by atoms with Crippen LogP contribution in [0.2, 0.25) is 0 Å². The molecule has 7 heteroatoms. The molecule has 1 atom stereocenters. The molecule has 0 spiro atoms. The fourth-order valence-electron chi connectivity index (χ4n) is 2.38. The molecule has 0 aliphatic rings. The molecule has 2 aromatic heterocycles. The van der Waals surface area contributed by atoms with Crippen molar-refractivity contribution in [1.82, 2.24) is 5.16 Å². The smallest absolute Gasteiger partial charge is 0.248 e. The van der Waals surface area contributed by atoms with Crippen molar-refractivity contribution < 1.29 is 18.5 Å². The van der Waals surface area contributed by atoms with Gasteiger partial charge < -0.3 is 19.0 Å². The van der Waals surface area contributed by atoms with Crippen molar-refractivity contribution in [3.8, 4) is 0 Å². The van der Waals surface area contributed by atoms with Crippen LogP contribution in [0.15, 0.2) is 57.7 Å². The van der Waals surface area contributed by atoms with E-state index in [0.29, 0.717) is 24.8 Å². The van der Waals surface area contributed by atoms with Gasteiger partial charge >= 0.3 is 0 Å². The van der Waals surface area contributed by atoms with Crippen LogP contribution in [0.25, 0.3) is 0 Å². The molecule has 0 saturated carbocycles. The largest absolute Gasteiger partial charge is 0.467 e. The number of amides is 1. The van der Waals surface area contributed by atoms with Crippen molar-refractivity contribution in [1.29, 1.82) is 0 Å². The van der Waals surface area contributed by atoms with Crippen LogP contribution >= 0.6 is 0 Å². The number of nitrogens with zero attached hydrogens (tertiary/aromatic N) is 1. The van der Waals surface area contributed by atoms with Crippen molar-refractivity contribution in [2.45, 2.75) is 33.1 Å². The number of furan rings is 1. The number of aryl methyl sites for hydroxylation is 1. The number of hydrogen-bond acceptors (Lipinski definition) is 6. The van der Waals surface area contributed by atoms with Gasteiger partial charge in [-0.15, -0.1) is 0 Å². The number of rotatable bonds is 8. The Morgan fingerprint density at radius 1 is 1.23 bits per heavy atom. The zero-order chi connectivity index (χ0) is 18.4. The van der Waals surface area contributed by atoms with Crippen LogP contribution in [0, 0.1) is 6.92 Å². The number of nitrogens with one attached hydrogen (secondary N) is 2. The van der Waals surface area contributed by atoms with E-state index < -0.39 is 6.04 Å². The lowest BCUT2D eigenvalue weighted by atomic mass is 10.2. The Labute approximate surface area is 151 Å². The molecule has 1 amide bonds. The fourth-order valence-corrected chi connectivity index (χ4v) is 2.38.